The van der Waals surface area contributed by atoms with Gasteiger partial charge in [0.2, 0.25) is 11.7 Å². The van der Waals surface area contributed by atoms with Gasteiger partial charge in [-0.2, -0.15) is 0 Å². The highest BCUT2D eigenvalue weighted by Gasteiger charge is 2.22. The minimum atomic E-state index is -0.147. The van der Waals surface area contributed by atoms with Gasteiger partial charge in [0.1, 0.15) is 0 Å². The molecule has 2 aromatic carbocycles. The number of nitrogens with zero attached hydrogens (tertiary/aromatic N) is 1. The third kappa shape index (κ3) is 4.24. The molecule has 0 N–H and O–H groups in total. The van der Waals surface area contributed by atoms with Crippen LogP contribution in [-0.2, 0) is 11.2 Å². The number of anilines is 1. The first kappa shape index (κ1) is 18.6. The van der Waals surface area contributed by atoms with Crippen LogP contribution in [0.4, 0.5) is 5.69 Å². The lowest BCUT2D eigenvalue weighted by molar-refractivity contribution is -0.121. The second kappa shape index (κ2) is 8.42. The maximum Gasteiger partial charge on any atom is 0.229 e. The van der Waals surface area contributed by atoms with Crippen LogP contribution in [0.25, 0.3) is 0 Å². The van der Waals surface area contributed by atoms with E-state index in [1.807, 2.05) is 37.3 Å². The lowest BCUT2D eigenvalue weighted by atomic mass is 10.00. The van der Waals surface area contributed by atoms with Crippen LogP contribution in [-0.4, -0.2) is 34.3 Å². The molecule has 2 aromatic rings. The van der Waals surface area contributed by atoms with Crippen molar-refractivity contribution in [2.75, 3.05) is 33.3 Å². The fourth-order valence-electron chi connectivity index (χ4n) is 2.77. The minimum absolute atomic E-state index is 0.0260. The van der Waals surface area contributed by atoms with Crippen LogP contribution >= 0.6 is 0 Å². The van der Waals surface area contributed by atoms with E-state index < -0.39 is 0 Å². The van der Waals surface area contributed by atoms with Gasteiger partial charge in [-0.15, -0.1) is 0 Å². The Morgan fingerprint density at radius 1 is 1.00 bits per heavy atom. The molecule has 5 heteroatoms. The van der Waals surface area contributed by atoms with Gasteiger partial charge < -0.3 is 19.1 Å². The first-order chi connectivity index (χ1) is 12.0. The zero-order valence-electron chi connectivity index (χ0n) is 15.4. The Morgan fingerprint density at radius 2 is 1.56 bits per heavy atom. The molecule has 1 atom stereocenters. The summed E-state index contributed by atoms with van der Waals surface area (Å²) in [7, 11) is 6.42. The molecule has 0 aliphatic rings. The zero-order chi connectivity index (χ0) is 18.4. The van der Waals surface area contributed by atoms with E-state index in [-0.39, 0.29) is 11.8 Å². The molecule has 0 aliphatic heterocycles. The lowest BCUT2D eigenvalue weighted by Gasteiger charge is -2.23. The number of rotatable bonds is 7. The van der Waals surface area contributed by atoms with E-state index >= 15 is 0 Å². The Balaban J connectivity index is 2.23. The second-order valence-corrected chi connectivity index (χ2v) is 5.87. The molecule has 0 heterocycles. The largest absolute Gasteiger partial charge is 0.493 e. The molecule has 1 amide bonds. The first-order valence-corrected chi connectivity index (χ1v) is 8.13. The molecule has 5 nitrogen and oxygen atoms in total. The smallest absolute Gasteiger partial charge is 0.229 e. The highest BCUT2D eigenvalue weighted by atomic mass is 16.5. The van der Waals surface area contributed by atoms with Gasteiger partial charge in [0.15, 0.2) is 11.5 Å². The number of hydrogen-bond donors (Lipinski definition) is 0. The van der Waals surface area contributed by atoms with Crippen molar-refractivity contribution >= 4 is 11.6 Å². The molecular formula is C20H25NO4. The van der Waals surface area contributed by atoms with Gasteiger partial charge >= 0.3 is 0 Å². The summed E-state index contributed by atoms with van der Waals surface area (Å²) in [6, 6.07) is 13.5. The number of methoxy groups -OCH3 is 3. The molecule has 0 fully saturated rings. The van der Waals surface area contributed by atoms with Crippen LogP contribution in [0.5, 0.6) is 17.2 Å². The third-order valence-electron chi connectivity index (χ3n) is 4.17. The molecule has 0 unspecified atom stereocenters. The highest BCUT2D eigenvalue weighted by molar-refractivity contribution is 5.95. The fourth-order valence-corrected chi connectivity index (χ4v) is 2.77. The average molecular weight is 343 g/mol. The predicted molar refractivity (Wildman–Crippen MR) is 98.8 cm³/mol. The topological polar surface area (TPSA) is 48.0 Å². The van der Waals surface area contributed by atoms with Crippen LogP contribution in [0.15, 0.2) is 42.5 Å². The van der Waals surface area contributed by atoms with Crippen molar-refractivity contribution in [3.8, 4) is 17.2 Å². The van der Waals surface area contributed by atoms with E-state index in [2.05, 4.69) is 0 Å². The quantitative estimate of drug-likeness (QED) is 0.771. The van der Waals surface area contributed by atoms with Crippen molar-refractivity contribution in [3.63, 3.8) is 0 Å². The summed E-state index contributed by atoms with van der Waals surface area (Å²) in [4.78, 5) is 14.4. The van der Waals surface area contributed by atoms with E-state index in [4.69, 9.17) is 14.2 Å². The summed E-state index contributed by atoms with van der Waals surface area (Å²) in [5.74, 6) is 1.43. The van der Waals surface area contributed by atoms with Crippen LogP contribution in [0.1, 0.15) is 12.5 Å². The maximum absolute atomic E-state index is 12.8. The third-order valence-corrected chi connectivity index (χ3v) is 4.17. The first-order valence-electron chi connectivity index (χ1n) is 8.13. The predicted octanol–water partition coefficient (Wildman–Crippen LogP) is 3.55. The van der Waals surface area contributed by atoms with Crippen molar-refractivity contribution in [2.45, 2.75) is 13.3 Å². The summed E-state index contributed by atoms with van der Waals surface area (Å²) >= 11 is 0. The molecule has 0 spiro atoms. The van der Waals surface area contributed by atoms with Crippen molar-refractivity contribution < 1.29 is 19.0 Å². The number of hydrogen-bond acceptors (Lipinski definition) is 4. The van der Waals surface area contributed by atoms with Gasteiger partial charge in [-0.05, 0) is 12.0 Å². The summed E-state index contributed by atoms with van der Waals surface area (Å²) in [5, 5.41) is 0. The van der Waals surface area contributed by atoms with E-state index in [1.165, 1.54) is 0 Å². The lowest BCUT2D eigenvalue weighted by Crippen LogP contribution is -2.32. The normalized spacial score (nSPS) is 11.6. The molecule has 0 saturated heterocycles. The standard InChI is InChI=1S/C20H25NO4/c1-14(11-15-9-7-6-8-10-15)20(22)21(2)16-12-17(23-3)19(25-5)18(13-16)24-4/h6-10,12-14H,11H2,1-5H3/t14-/m0/s1. The number of carbonyl (C=O) groups is 1. The number of amides is 1. The SMILES string of the molecule is COc1cc(N(C)C(=O)[C@@H](C)Cc2ccccc2)cc(OC)c1OC. The van der Waals surface area contributed by atoms with Gasteiger partial charge in [0, 0.05) is 25.1 Å². The fraction of sp³-hybridized carbons (Fsp3) is 0.350. The second-order valence-electron chi connectivity index (χ2n) is 5.87. The summed E-state index contributed by atoms with van der Waals surface area (Å²) in [6.45, 7) is 1.93. The van der Waals surface area contributed by atoms with Crippen LogP contribution in [0.2, 0.25) is 0 Å². The number of ether oxygens (including phenoxy) is 3. The molecule has 0 saturated carbocycles. The molecule has 134 valence electrons. The summed E-state index contributed by atoms with van der Waals surface area (Å²) in [6.07, 6.45) is 0.689. The van der Waals surface area contributed by atoms with E-state index in [0.717, 1.165) is 5.56 Å². The molecule has 0 bridgehead atoms. The van der Waals surface area contributed by atoms with Crippen molar-refractivity contribution in [3.05, 3.63) is 48.0 Å². The van der Waals surface area contributed by atoms with E-state index in [0.29, 0.717) is 29.4 Å². The Labute approximate surface area is 149 Å². The Bertz CT molecular complexity index is 690. The molecule has 0 aliphatic carbocycles. The highest BCUT2D eigenvalue weighted by Crippen LogP contribution is 2.41. The van der Waals surface area contributed by atoms with Crippen LogP contribution in [0.3, 0.4) is 0 Å². The molecular weight excluding hydrogens is 318 g/mol. The van der Waals surface area contributed by atoms with Crippen LogP contribution in [0, 0.1) is 5.92 Å². The number of carbonyl (C=O) groups excluding carboxylic acids is 1. The minimum Gasteiger partial charge on any atom is -0.493 e. The summed E-state index contributed by atoms with van der Waals surface area (Å²) in [5.41, 5.74) is 1.83. The Morgan fingerprint density at radius 3 is 2.04 bits per heavy atom. The molecule has 25 heavy (non-hydrogen) atoms. The molecule has 0 radical (unpaired) electrons. The van der Waals surface area contributed by atoms with Crippen molar-refractivity contribution in [2.24, 2.45) is 5.92 Å². The van der Waals surface area contributed by atoms with E-state index in [9.17, 15) is 4.79 Å². The van der Waals surface area contributed by atoms with Gasteiger partial charge in [0.05, 0.1) is 27.0 Å². The Kier molecular flexibility index (Phi) is 6.28. The van der Waals surface area contributed by atoms with Crippen molar-refractivity contribution in [1.82, 2.24) is 0 Å². The average Bonchev–Trinajstić information content (AvgIpc) is 2.66. The van der Waals surface area contributed by atoms with Gasteiger partial charge in [-0.3, -0.25) is 4.79 Å². The monoisotopic (exact) mass is 343 g/mol. The van der Waals surface area contributed by atoms with Crippen LogP contribution < -0.4 is 19.1 Å². The zero-order valence-corrected chi connectivity index (χ0v) is 15.4. The van der Waals surface area contributed by atoms with Gasteiger partial charge in [-0.25, -0.2) is 0 Å². The van der Waals surface area contributed by atoms with Gasteiger partial charge in [0.25, 0.3) is 0 Å². The van der Waals surface area contributed by atoms with E-state index in [1.54, 1.807) is 45.4 Å². The molecule has 0 aromatic heterocycles. The maximum atomic E-state index is 12.8. The number of benzene rings is 2. The van der Waals surface area contributed by atoms with Gasteiger partial charge in [-0.1, -0.05) is 37.3 Å². The Hall–Kier alpha value is -2.69. The van der Waals surface area contributed by atoms with Crippen molar-refractivity contribution in [1.29, 1.82) is 0 Å². The summed E-state index contributed by atoms with van der Waals surface area (Å²) < 4.78 is 16.1. The molecule has 2 rings (SSSR count).